The van der Waals surface area contributed by atoms with E-state index in [2.05, 4.69) is 20.7 Å². The van der Waals surface area contributed by atoms with Crippen molar-refractivity contribution in [1.82, 2.24) is 10.6 Å². The molecule has 0 aliphatic carbocycles. The van der Waals surface area contributed by atoms with Crippen LogP contribution in [0.5, 0.6) is 0 Å². The van der Waals surface area contributed by atoms with Gasteiger partial charge in [0.1, 0.15) is 11.6 Å². The standard InChI is InChI=1S/C17H24ClN3O8S/c1-9-11(18)6-10(30(25,26)27)7-12(9)20-15(23)19-8-13(14(22)28-5)21-16(24)29-17(2,3)4/h6-7,13H,8H2,1-5H3,(H,21,24)(H2,19,20,23)(H,25,26,27)/t13-/m0/s1. The number of urea groups is 1. The van der Waals surface area contributed by atoms with Crippen molar-refractivity contribution in [2.75, 3.05) is 19.0 Å². The number of carbonyl (C=O) groups is 3. The Morgan fingerprint density at radius 2 is 1.83 bits per heavy atom. The number of hydrogen-bond acceptors (Lipinski definition) is 7. The van der Waals surface area contributed by atoms with Crippen LogP contribution >= 0.6 is 11.6 Å². The van der Waals surface area contributed by atoms with E-state index in [4.69, 9.17) is 16.3 Å². The van der Waals surface area contributed by atoms with Crippen LogP contribution in [0.4, 0.5) is 15.3 Å². The minimum atomic E-state index is -4.55. The molecule has 0 aromatic heterocycles. The highest BCUT2D eigenvalue weighted by atomic mass is 35.5. The molecule has 0 spiro atoms. The van der Waals surface area contributed by atoms with Gasteiger partial charge in [0.25, 0.3) is 10.1 Å². The molecule has 11 nitrogen and oxygen atoms in total. The number of rotatable bonds is 6. The van der Waals surface area contributed by atoms with Crippen molar-refractivity contribution < 1.29 is 36.8 Å². The first-order chi connectivity index (χ1) is 13.6. The van der Waals surface area contributed by atoms with Gasteiger partial charge >= 0.3 is 18.1 Å². The minimum Gasteiger partial charge on any atom is -0.467 e. The van der Waals surface area contributed by atoms with Crippen LogP contribution in [0.3, 0.4) is 0 Å². The highest BCUT2D eigenvalue weighted by Gasteiger charge is 2.25. The SMILES string of the molecule is COC(=O)[C@H](CNC(=O)Nc1cc(S(=O)(=O)O)cc(Cl)c1C)NC(=O)OC(C)(C)C. The Balaban J connectivity index is 2.87. The number of nitrogens with one attached hydrogen (secondary N) is 3. The lowest BCUT2D eigenvalue weighted by Gasteiger charge is -2.22. The second-order valence-corrected chi connectivity index (χ2v) is 8.94. The van der Waals surface area contributed by atoms with Crippen LogP contribution in [0.2, 0.25) is 5.02 Å². The van der Waals surface area contributed by atoms with Gasteiger partial charge in [-0.15, -0.1) is 0 Å². The van der Waals surface area contributed by atoms with E-state index in [0.717, 1.165) is 19.2 Å². The summed E-state index contributed by atoms with van der Waals surface area (Å²) in [6.07, 6.45) is -0.886. The Bertz CT molecular complexity index is 928. The molecule has 0 bridgehead atoms. The van der Waals surface area contributed by atoms with Crippen molar-refractivity contribution in [2.45, 2.75) is 44.2 Å². The third-order valence-electron chi connectivity index (χ3n) is 3.51. The molecule has 1 aromatic carbocycles. The van der Waals surface area contributed by atoms with Gasteiger partial charge in [-0.25, -0.2) is 14.4 Å². The average Bonchev–Trinajstić information content (AvgIpc) is 2.59. The van der Waals surface area contributed by atoms with E-state index in [9.17, 15) is 27.4 Å². The van der Waals surface area contributed by atoms with E-state index in [1.54, 1.807) is 20.8 Å². The Kier molecular flexibility index (Phi) is 8.45. The molecule has 4 N–H and O–H groups in total. The van der Waals surface area contributed by atoms with Crippen LogP contribution in [0, 0.1) is 6.92 Å². The first-order valence-electron chi connectivity index (χ1n) is 8.54. The topological polar surface area (TPSA) is 160 Å². The van der Waals surface area contributed by atoms with E-state index < -0.39 is 44.8 Å². The number of carbonyl (C=O) groups excluding carboxylic acids is 3. The van der Waals surface area contributed by atoms with Crippen molar-refractivity contribution in [2.24, 2.45) is 0 Å². The number of amides is 3. The third kappa shape index (κ3) is 8.05. The molecule has 0 aliphatic heterocycles. The molecule has 0 saturated heterocycles. The van der Waals surface area contributed by atoms with Crippen LogP contribution in [0.1, 0.15) is 26.3 Å². The van der Waals surface area contributed by atoms with Gasteiger partial charge in [-0.05, 0) is 45.4 Å². The molecule has 0 saturated carbocycles. The number of methoxy groups -OCH3 is 1. The van der Waals surface area contributed by atoms with E-state index in [-0.39, 0.29) is 17.3 Å². The molecule has 13 heteroatoms. The zero-order valence-electron chi connectivity index (χ0n) is 17.0. The zero-order chi connectivity index (χ0) is 23.3. The summed E-state index contributed by atoms with van der Waals surface area (Å²) in [5.74, 6) is -0.825. The fourth-order valence-electron chi connectivity index (χ4n) is 2.08. The maximum atomic E-state index is 12.2. The van der Waals surface area contributed by atoms with Gasteiger partial charge in [0, 0.05) is 10.7 Å². The van der Waals surface area contributed by atoms with Crippen molar-refractivity contribution in [3.63, 3.8) is 0 Å². The summed E-state index contributed by atoms with van der Waals surface area (Å²) in [5.41, 5.74) is -0.442. The Labute approximate surface area is 179 Å². The Morgan fingerprint density at radius 1 is 1.23 bits per heavy atom. The van der Waals surface area contributed by atoms with Gasteiger partial charge in [-0.1, -0.05) is 11.6 Å². The second kappa shape index (κ2) is 9.96. The predicted octanol–water partition coefficient (Wildman–Crippen LogP) is 2.08. The van der Waals surface area contributed by atoms with Crippen molar-refractivity contribution in [3.8, 4) is 0 Å². The Hall–Kier alpha value is -2.57. The summed E-state index contributed by atoms with van der Waals surface area (Å²) in [6, 6.07) is -0.0220. The van der Waals surface area contributed by atoms with Crippen molar-refractivity contribution in [1.29, 1.82) is 0 Å². The van der Waals surface area contributed by atoms with Crippen LogP contribution in [0.25, 0.3) is 0 Å². The maximum absolute atomic E-state index is 12.2. The number of anilines is 1. The van der Waals surface area contributed by atoms with E-state index in [0.29, 0.717) is 5.56 Å². The molecule has 3 amide bonds. The lowest BCUT2D eigenvalue weighted by Crippen LogP contribution is -2.50. The van der Waals surface area contributed by atoms with Crippen LogP contribution in [-0.2, 0) is 24.4 Å². The van der Waals surface area contributed by atoms with Gasteiger partial charge in [0.15, 0.2) is 0 Å². The molecule has 0 aliphatic rings. The average molecular weight is 466 g/mol. The van der Waals surface area contributed by atoms with Crippen molar-refractivity contribution in [3.05, 3.63) is 22.7 Å². The smallest absolute Gasteiger partial charge is 0.408 e. The molecule has 1 atom stereocenters. The molecule has 1 rings (SSSR count). The van der Waals surface area contributed by atoms with E-state index in [1.165, 1.54) is 6.92 Å². The van der Waals surface area contributed by atoms with E-state index >= 15 is 0 Å². The normalized spacial score (nSPS) is 12.5. The number of hydrogen-bond donors (Lipinski definition) is 4. The molecule has 0 heterocycles. The van der Waals surface area contributed by atoms with Gasteiger partial charge in [-0.2, -0.15) is 8.42 Å². The van der Waals surface area contributed by atoms with Gasteiger partial charge in [0.2, 0.25) is 0 Å². The lowest BCUT2D eigenvalue weighted by molar-refractivity contribution is -0.142. The number of ether oxygens (including phenoxy) is 2. The molecule has 1 aromatic rings. The molecule has 0 fully saturated rings. The highest BCUT2D eigenvalue weighted by Crippen LogP contribution is 2.28. The van der Waals surface area contributed by atoms with Crippen LogP contribution in [0.15, 0.2) is 17.0 Å². The van der Waals surface area contributed by atoms with Gasteiger partial charge in [0.05, 0.1) is 18.6 Å². The molecule has 168 valence electrons. The second-order valence-electron chi connectivity index (χ2n) is 7.11. The summed E-state index contributed by atoms with van der Waals surface area (Å²) < 4.78 is 41.5. The summed E-state index contributed by atoms with van der Waals surface area (Å²) in [6.45, 7) is 6.08. The van der Waals surface area contributed by atoms with Crippen LogP contribution in [-0.4, -0.2) is 56.4 Å². The highest BCUT2D eigenvalue weighted by molar-refractivity contribution is 7.85. The van der Waals surface area contributed by atoms with Gasteiger partial charge in [-0.3, -0.25) is 4.55 Å². The summed E-state index contributed by atoms with van der Waals surface area (Å²) in [7, 11) is -3.44. The maximum Gasteiger partial charge on any atom is 0.408 e. The molecular formula is C17H24ClN3O8S. The number of benzene rings is 1. The van der Waals surface area contributed by atoms with E-state index in [1.807, 2.05) is 0 Å². The Morgan fingerprint density at radius 3 is 2.33 bits per heavy atom. The predicted molar refractivity (Wildman–Crippen MR) is 108 cm³/mol. The van der Waals surface area contributed by atoms with Gasteiger partial charge < -0.3 is 25.4 Å². The quantitative estimate of drug-likeness (QED) is 0.367. The fraction of sp³-hybridized carbons (Fsp3) is 0.471. The summed E-state index contributed by atoms with van der Waals surface area (Å²) in [4.78, 5) is 35.4. The fourth-order valence-corrected chi connectivity index (χ4v) is 2.90. The molecule has 30 heavy (non-hydrogen) atoms. The third-order valence-corrected chi connectivity index (χ3v) is 4.73. The molecular weight excluding hydrogens is 442 g/mol. The van der Waals surface area contributed by atoms with Crippen LogP contribution < -0.4 is 16.0 Å². The lowest BCUT2D eigenvalue weighted by atomic mass is 10.2. The monoisotopic (exact) mass is 465 g/mol. The number of esters is 1. The number of alkyl carbamates (subject to hydrolysis) is 1. The zero-order valence-corrected chi connectivity index (χ0v) is 18.6. The molecule has 0 radical (unpaired) electrons. The molecule has 0 unspecified atom stereocenters. The minimum absolute atomic E-state index is 0.000505. The summed E-state index contributed by atoms with van der Waals surface area (Å²) >= 11 is 5.94. The number of halogens is 1. The summed E-state index contributed by atoms with van der Waals surface area (Å²) in [5, 5.41) is 6.99. The van der Waals surface area contributed by atoms with Crippen molar-refractivity contribution >= 4 is 45.5 Å². The first kappa shape index (κ1) is 25.5. The first-order valence-corrected chi connectivity index (χ1v) is 10.4. The largest absolute Gasteiger partial charge is 0.467 e.